The third-order valence-electron chi connectivity index (χ3n) is 5.43. The second-order valence-corrected chi connectivity index (χ2v) is 7.91. The minimum absolute atomic E-state index is 0.0242. The van der Waals surface area contributed by atoms with Crippen molar-refractivity contribution in [3.8, 4) is 0 Å². The summed E-state index contributed by atoms with van der Waals surface area (Å²) < 4.78 is 1.74. The molecule has 1 aliphatic rings. The zero-order chi connectivity index (χ0) is 21.8. The number of anilines is 2. The summed E-state index contributed by atoms with van der Waals surface area (Å²) in [5.74, 6) is 0.826. The number of aromatic nitrogens is 5. The van der Waals surface area contributed by atoms with Gasteiger partial charge in [-0.25, -0.2) is 9.97 Å². The molecule has 8 nitrogen and oxygen atoms in total. The van der Waals surface area contributed by atoms with E-state index in [9.17, 15) is 4.79 Å². The topological polar surface area (TPSA) is 88.8 Å². The van der Waals surface area contributed by atoms with Crippen LogP contribution >= 0.6 is 0 Å². The van der Waals surface area contributed by atoms with Crippen LogP contribution < -0.4 is 5.32 Å². The molecule has 1 amide bonds. The second kappa shape index (κ2) is 9.07. The highest BCUT2D eigenvalue weighted by Crippen LogP contribution is 2.27. The van der Waals surface area contributed by atoms with Crippen LogP contribution in [-0.4, -0.2) is 48.6 Å². The van der Waals surface area contributed by atoms with Gasteiger partial charge in [0, 0.05) is 55.4 Å². The molecular formula is C23H27N7O. The Balaban J connectivity index is 1.39. The number of nitrogens with zero attached hydrogens (tertiary/aromatic N) is 6. The van der Waals surface area contributed by atoms with E-state index in [4.69, 9.17) is 0 Å². The number of carbonyl (C=O) groups is 1. The third-order valence-corrected chi connectivity index (χ3v) is 5.43. The highest BCUT2D eigenvalue weighted by molar-refractivity contribution is 5.91. The van der Waals surface area contributed by atoms with E-state index in [1.54, 1.807) is 23.2 Å². The molecule has 1 N–H and O–H groups in total. The van der Waals surface area contributed by atoms with Gasteiger partial charge in [0.2, 0.25) is 11.9 Å². The van der Waals surface area contributed by atoms with E-state index in [1.165, 1.54) is 0 Å². The molecule has 3 aromatic heterocycles. The number of rotatable bonds is 5. The summed E-state index contributed by atoms with van der Waals surface area (Å²) in [6.45, 7) is 5.34. The van der Waals surface area contributed by atoms with Crippen LogP contribution in [0.15, 0.2) is 42.7 Å². The lowest BCUT2D eigenvalue weighted by Crippen LogP contribution is -2.38. The summed E-state index contributed by atoms with van der Waals surface area (Å²) in [4.78, 5) is 28.0. The van der Waals surface area contributed by atoms with Gasteiger partial charge in [-0.1, -0.05) is 0 Å². The zero-order valence-electron chi connectivity index (χ0n) is 18.1. The molecule has 4 heterocycles. The maximum absolute atomic E-state index is 12.7. The van der Waals surface area contributed by atoms with Crippen LogP contribution in [0.1, 0.15) is 41.5 Å². The van der Waals surface area contributed by atoms with Gasteiger partial charge < -0.3 is 10.2 Å². The maximum atomic E-state index is 12.7. The lowest BCUT2D eigenvalue weighted by molar-refractivity contribution is -0.127. The average Bonchev–Trinajstić information content (AvgIpc) is 3.16. The molecule has 0 aliphatic carbocycles. The molecule has 3 aromatic rings. The van der Waals surface area contributed by atoms with Crippen molar-refractivity contribution in [3.63, 3.8) is 0 Å². The highest BCUT2D eigenvalue weighted by atomic mass is 16.2. The van der Waals surface area contributed by atoms with Gasteiger partial charge in [-0.3, -0.25) is 14.5 Å². The van der Waals surface area contributed by atoms with Crippen LogP contribution in [0.5, 0.6) is 0 Å². The molecule has 0 bridgehead atoms. The number of hydrogen-bond acceptors (Lipinski definition) is 6. The zero-order valence-corrected chi connectivity index (χ0v) is 18.1. The largest absolute Gasteiger partial charge is 0.338 e. The van der Waals surface area contributed by atoms with Crippen molar-refractivity contribution >= 4 is 23.6 Å². The molecule has 4 rings (SSSR count). The first-order valence-electron chi connectivity index (χ1n) is 10.5. The molecule has 0 saturated carbocycles. The van der Waals surface area contributed by atoms with Crippen LogP contribution in [-0.2, 0) is 11.8 Å². The van der Waals surface area contributed by atoms with E-state index in [0.29, 0.717) is 12.5 Å². The number of likely N-dealkylation sites (tertiary alicyclic amines) is 1. The molecular weight excluding hydrogens is 390 g/mol. The molecule has 0 unspecified atom stereocenters. The fraction of sp³-hybridized carbons (Fsp3) is 0.348. The molecule has 1 fully saturated rings. The Kier molecular flexibility index (Phi) is 6.06. The van der Waals surface area contributed by atoms with Gasteiger partial charge in [0.15, 0.2) is 0 Å². The smallest absolute Gasteiger partial charge is 0.246 e. The van der Waals surface area contributed by atoms with Crippen LogP contribution in [0.4, 0.5) is 11.6 Å². The Labute approximate surface area is 182 Å². The van der Waals surface area contributed by atoms with E-state index < -0.39 is 0 Å². The Morgan fingerprint density at radius 1 is 1.19 bits per heavy atom. The van der Waals surface area contributed by atoms with Gasteiger partial charge in [0.05, 0.1) is 17.6 Å². The summed E-state index contributed by atoms with van der Waals surface area (Å²) in [5.41, 5.74) is 4.59. The number of nitrogens with one attached hydrogen (secondary N) is 1. The molecule has 1 saturated heterocycles. The lowest BCUT2D eigenvalue weighted by atomic mass is 9.94. The van der Waals surface area contributed by atoms with Gasteiger partial charge in [-0.05, 0) is 57.0 Å². The Hall–Kier alpha value is -3.55. The molecule has 0 spiro atoms. The number of aryl methyl sites for hydroxylation is 3. The van der Waals surface area contributed by atoms with E-state index in [-0.39, 0.29) is 11.8 Å². The molecule has 1 atom stereocenters. The van der Waals surface area contributed by atoms with Crippen molar-refractivity contribution in [1.29, 1.82) is 0 Å². The van der Waals surface area contributed by atoms with Crippen molar-refractivity contribution < 1.29 is 4.79 Å². The van der Waals surface area contributed by atoms with E-state index in [1.807, 2.05) is 56.1 Å². The van der Waals surface area contributed by atoms with Crippen molar-refractivity contribution in [2.75, 3.05) is 18.4 Å². The normalized spacial score (nSPS) is 16.6. The first-order valence-corrected chi connectivity index (χ1v) is 10.5. The molecule has 160 valence electrons. The number of pyridine rings is 1. The average molecular weight is 418 g/mol. The summed E-state index contributed by atoms with van der Waals surface area (Å²) in [6.07, 6.45) is 8.95. The summed E-state index contributed by atoms with van der Waals surface area (Å²) >= 11 is 0. The standard InChI is InChI=1S/C23H27N7O/c1-16-13-17(2)27-23(26-16)28-19-6-8-21(24-14-19)18-5-4-12-30(15-18)22(31)9-7-20-10-11-25-29(20)3/h6-11,13-14,18H,4-5,12,15H2,1-3H3,(H,26,27,28)/b9-7+/t18-/m1/s1. The van der Waals surface area contributed by atoms with Crippen molar-refractivity contribution in [1.82, 2.24) is 29.6 Å². The van der Waals surface area contributed by atoms with Crippen LogP contribution in [0, 0.1) is 13.8 Å². The van der Waals surface area contributed by atoms with Crippen LogP contribution in [0.2, 0.25) is 0 Å². The number of piperidine rings is 1. The quantitative estimate of drug-likeness (QED) is 0.640. The Morgan fingerprint density at radius 2 is 2.00 bits per heavy atom. The number of carbonyl (C=O) groups excluding carboxylic acids is 1. The monoisotopic (exact) mass is 417 g/mol. The molecule has 0 aromatic carbocycles. The van der Waals surface area contributed by atoms with Crippen LogP contribution in [0.3, 0.4) is 0 Å². The van der Waals surface area contributed by atoms with Gasteiger partial charge in [-0.15, -0.1) is 0 Å². The van der Waals surface area contributed by atoms with Crippen molar-refractivity contribution in [3.05, 3.63) is 65.5 Å². The van der Waals surface area contributed by atoms with Gasteiger partial charge in [0.1, 0.15) is 0 Å². The van der Waals surface area contributed by atoms with Gasteiger partial charge >= 0.3 is 0 Å². The SMILES string of the molecule is Cc1cc(C)nc(Nc2ccc([C@@H]3CCCN(C(=O)/C=C/c4ccnn4C)C3)nc2)n1. The number of amides is 1. The number of hydrogen-bond donors (Lipinski definition) is 1. The fourth-order valence-electron chi connectivity index (χ4n) is 3.86. The first-order chi connectivity index (χ1) is 15.0. The predicted molar refractivity (Wildman–Crippen MR) is 120 cm³/mol. The Morgan fingerprint density at radius 3 is 2.68 bits per heavy atom. The minimum Gasteiger partial charge on any atom is -0.338 e. The summed E-state index contributed by atoms with van der Waals surface area (Å²) in [6, 6.07) is 7.83. The van der Waals surface area contributed by atoms with E-state index in [0.717, 1.165) is 47.8 Å². The molecule has 0 radical (unpaired) electrons. The Bertz CT molecular complexity index is 1070. The van der Waals surface area contributed by atoms with Gasteiger partial charge in [0.25, 0.3) is 0 Å². The molecule has 31 heavy (non-hydrogen) atoms. The summed E-state index contributed by atoms with van der Waals surface area (Å²) in [7, 11) is 1.86. The van der Waals surface area contributed by atoms with Gasteiger partial charge in [-0.2, -0.15) is 5.10 Å². The second-order valence-electron chi connectivity index (χ2n) is 7.91. The maximum Gasteiger partial charge on any atom is 0.246 e. The van der Waals surface area contributed by atoms with E-state index >= 15 is 0 Å². The minimum atomic E-state index is 0.0242. The van der Waals surface area contributed by atoms with Crippen LogP contribution in [0.25, 0.3) is 6.08 Å². The third kappa shape index (κ3) is 5.14. The molecule has 1 aliphatic heterocycles. The van der Waals surface area contributed by atoms with E-state index in [2.05, 4.69) is 25.4 Å². The van der Waals surface area contributed by atoms with Crippen molar-refractivity contribution in [2.45, 2.75) is 32.6 Å². The lowest BCUT2D eigenvalue weighted by Gasteiger charge is -2.31. The van der Waals surface area contributed by atoms with Crippen molar-refractivity contribution in [2.24, 2.45) is 7.05 Å². The highest BCUT2D eigenvalue weighted by Gasteiger charge is 2.24. The fourth-order valence-corrected chi connectivity index (χ4v) is 3.86. The summed E-state index contributed by atoms with van der Waals surface area (Å²) in [5, 5.41) is 7.33. The first kappa shape index (κ1) is 20.7. The molecule has 8 heteroatoms. The predicted octanol–water partition coefficient (Wildman–Crippen LogP) is 3.38.